The Kier molecular flexibility index (Phi) is 15.7. The summed E-state index contributed by atoms with van der Waals surface area (Å²) < 4.78 is 13.7. The topological polar surface area (TPSA) is 51.4 Å². The molecule has 0 spiro atoms. The molecule has 0 aliphatic carbocycles. The van der Waals surface area contributed by atoms with E-state index in [1.807, 2.05) is 18.2 Å². The maximum Gasteiger partial charge on any atom is 0.257 e. The molecule has 1 aromatic heterocycles. The van der Waals surface area contributed by atoms with Crippen molar-refractivity contribution in [2.45, 2.75) is 97.4 Å². The van der Waals surface area contributed by atoms with Gasteiger partial charge < -0.3 is 14.8 Å². The van der Waals surface area contributed by atoms with Crippen LogP contribution in [0.25, 0.3) is 0 Å². The van der Waals surface area contributed by atoms with Crippen LogP contribution in [0.3, 0.4) is 0 Å². The van der Waals surface area contributed by atoms with Gasteiger partial charge in [-0.05, 0) is 18.6 Å². The lowest BCUT2D eigenvalue weighted by molar-refractivity contribution is -0.704. The Hall–Kier alpha value is -2.27. The van der Waals surface area contributed by atoms with E-state index in [9.17, 15) is 4.79 Å². The van der Waals surface area contributed by atoms with E-state index in [0.29, 0.717) is 23.9 Å². The van der Waals surface area contributed by atoms with Crippen LogP contribution in [0, 0.1) is 0 Å². The molecule has 0 aliphatic heterocycles. The summed E-state index contributed by atoms with van der Waals surface area (Å²) in [5, 5.41) is 3.37. The molecule has 0 unspecified atom stereocenters. The van der Waals surface area contributed by atoms with Crippen molar-refractivity contribution < 1.29 is 18.8 Å². The van der Waals surface area contributed by atoms with Gasteiger partial charge in [-0.3, -0.25) is 4.79 Å². The van der Waals surface area contributed by atoms with Gasteiger partial charge in [-0.15, -0.1) is 0 Å². The van der Waals surface area contributed by atoms with E-state index in [0.717, 1.165) is 31.6 Å². The summed E-state index contributed by atoms with van der Waals surface area (Å²) in [6.45, 7) is 6.58. The summed E-state index contributed by atoms with van der Waals surface area (Å²) >= 11 is 6.35. The standard InChI is InChI=1S/C30H45ClN2O3/c1-3-5-6-7-8-9-10-11-12-15-23-35-27-17-18-29(28(31)24-27)36-25-30(34)32-20-19-26-16-13-14-22-33(26)21-4-2/h13-14,16-18,22,24H,3-12,15,19-21,23,25H2,1-2H3/p+1. The molecular weight excluding hydrogens is 472 g/mol. The first-order chi connectivity index (χ1) is 17.6. The maximum atomic E-state index is 12.2. The van der Waals surface area contributed by atoms with Gasteiger partial charge in [-0.1, -0.05) is 89.3 Å². The van der Waals surface area contributed by atoms with Gasteiger partial charge in [0.1, 0.15) is 18.0 Å². The molecule has 0 radical (unpaired) electrons. The number of benzene rings is 1. The number of hydrogen-bond acceptors (Lipinski definition) is 3. The molecule has 1 aromatic carbocycles. The Bertz CT molecular complexity index is 875. The highest BCUT2D eigenvalue weighted by Crippen LogP contribution is 2.29. The first-order valence-corrected chi connectivity index (χ1v) is 14.3. The van der Waals surface area contributed by atoms with E-state index in [4.69, 9.17) is 21.1 Å². The molecule has 0 saturated heterocycles. The second-order valence-corrected chi connectivity index (χ2v) is 9.80. The van der Waals surface area contributed by atoms with Crippen LogP contribution in [0.15, 0.2) is 42.6 Å². The number of pyridine rings is 1. The number of nitrogens with one attached hydrogen (secondary N) is 1. The number of halogens is 1. The van der Waals surface area contributed by atoms with E-state index in [2.05, 4.69) is 36.0 Å². The minimum Gasteiger partial charge on any atom is -0.494 e. The summed E-state index contributed by atoms with van der Waals surface area (Å²) in [7, 11) is 0. The molecular formula is C30H46ClN2O3+. The molecule has 200 valence electrons. The summed E-state index contributed by atoms with van der Waals surface area (Å²) in [5.74, 6) is 1.06. The SMILES string of the molecule is CCCCCCCCCCCCOc1ccc(OCC(=O)NCCc2cccc[n+]2CCC)c(Cl)c1. The van der Waals surface area contributed by atoms with Crippen LogP contribution in [0.2, 0.25) is 5.02 Å². The van der Waals surface area contributed by atoms with Crippen molar-refractivity contribution in [2.75, 3.05) is 19.8 Å². The number of aromatic nitrogens is 1. The van der Waals surface area contributed by atoms with E-state index in [1.165, 1.54) is 63.5 Å². The highest BCUT2D eigenvalue weighted by atomic mass is 35.5. The Morgan fingerprint density at radius 2 is 1.61 bits per heavy atom. The number of aryl methyl sites for hydroxylation is 1. The molecule has 5 nitrogen and oxygen atoms in total. The second kappa shape index (κ2) is 18.9. The maximum absolute atomic E-state index is 12.2. The molecule has 2 rings (SSSR count). The highest BCUT2D eigenvalue weighted by molar-refractivity contribution is 6.32. The average Bonchev–Trinajstić information content (AvgIpc) is 2.88. The summed E-state index contributed by atoms with van der Waals surface area (Å²) in [4.78, 5) is 12.2. The highest BCUT2D eigenvalue weighted by Gasteiger charge is 2.11. The van der Waals surface area contributed by atoms with Crippen molar-refractivity contribution in [1.29, 1.82) is 0 Å². The number of ether oxygens (including phenoxy) is 2. The predicted octanol–water partition coefficient (Wildman–Crippen LogP) is 7.07. The minimum atomic E-state index is -0.162. The zero-order valence-corrected chi connectivity index (χ0v) is 23.2. The number of nitrogens with zero attached hydrogens (tertiary/aromatic N) is 1. The molecule has 0 atom stereocenters. The smallest absolute Gasteiger partial charge is 0.257 e. The van der Waals surface area contributed by atoms with Gasteiger partial charge in [0, 0.05) is 37.6 Å². The lowest BCUT2D eigenvalue weighted by Gasteiger charge is -2.11. The monoisotopic (exact) mass is 517 g/mol. The molecule has 0 saturated carbocycles. The lowest BCUT2D eigenvalue weighted by atomic mass is 10.1. The quantitative estimate of drug-likeness (QED) is 0.151. The summed E-state index contributed by atoms with van der Waals surface area (Å²) in [5.41, 5.74) is 1.21. The van der Waals surface area contributed by atoms with Crippen molar-refractivity contribution in [3.8, 4) is 11.5 Å². The van der Waals surface area contributed by atoms with Crippen LogP contribution in [0.4, 0.5) is 0 Å². The fraction of sp³-hybridized carbons (Fsp3) is 0.600. The predicted molar refractivity (Wildman–Crippen MR) is 148 cm³/mol. The first kappa shape index (κ1) is 30.0. The Morgan fingerprint density at radius 1 is 0.889 bits per heavy atom. The Morgan fingerprint density at radius 3 is 2.31 bits per heavy atom. The number of amides is 1. The van der Waals surface area contributed by atoms with Crippen LogP contribution in [0.1, 0.15) is 90.2 Å². The van der Waals surface area contributed by atoms with Crippen molar-refractivity contribution >= 4 is 17.5 Å². The first-order valence-electron chi connectivity index (χ1n) is 13.9. The third-order valence-corrected chi connectivity index (χ3v) is 6.53. The van der Waals surface area contributed by atoms with Crippen LogP contribution in [-0.2, 0) is 17.8 Å². The van der Waals surface area contributed by atoms with E-state index in [1.54, 1.807) is 12.1 Å². The summed E-state index contributed by atoms with van der Waals surface area (Å²) in [6, 6.07) is 11.5. The van der Waals surface area contributed by atoms with Crippen LogP contribution < -0.4 is 19.4 Å². The van der Waals surface area contributed by atoms with Crippen LogP contribution in [0.5, 0.6) is 11.5 Å². The Balaban J connectivity index is 1.58. The van der Waals surface area contributed by atoms with Crippen molar-refractivity contribution in [3.05, 3.63) is 53.3 Å². The van der Waals surface area contributed by atoms with Gasteiger partial charge in [0.05, 0.1) is 11.6 Å². The fourth-order valence-electron chi connectivity index (χ4n) is 4.19. The second-order valence-electron chi connectivity index (χ2n) is 9.40. The number of carbonyl (C=O) groups excluding carboxylic acids is 1. The van der Waals surface area contributed by atoms with Gasteiger partial charge in [0.25, 0.3) is 5.91 Å². The van der Waals surface area contributed by atoms with Gasteiger partial charge in [-0.2, -0.15) is 0 Å². The largest absolute Gasteiger partial charge is 0.494 e. The minimum absolute atomic E-state index is 0.0672. The van der Waals surface area contributed by atoms with Crippen LogP contribution in [-0.4, -0.2) is 25.7 Å². The van der Waals surface area contributed by atoms with Crippen molar-refractivity contribution in [3.63, 3.8) is 0 Å². The van der Waals surface area contributed by atoms with E-state index >= 15 is 0 Å². The normalized spacial score (nSPS) is 10.9. The van der Waals surface area contributed by atoms with Crippen molar-refractivity contribution in [1.82, 2.24) is 5.32 Å². The Labute approximate surface area is 223 Å². The van der Waals surface area contributed by atoms with Gasteiger partial charge in [-0.25, -0.2) is 4.57 Å². The van der Waals surface area contributed by atoms with Crippen LogP contribution >= 0.6 is 11.6 Å². The van der Waals surface area contributed by atoms with Gasteiger partial charge >= 0.3 is 0 Å². The fourth-order valence-corrected chi connectivity index (χ4v) is 4.42. The zero-order valence-electron chi connectivity index (χ0n) is 22.4. The molecule has 36 heavy (non-hydrogen) atoms. The number of carbonyl (C=O) groups is 1. The van der Waals surface area contributed by atoms with Crippen molar-refractivity contribution in [2.24, 2.45) is 0 Å². The molecule has 0 fully saturated rings. The number of hydrogen-bond donors (Lipinski definition) is 1. The molecule has 0 bridgehead atoms. The third kappa shape index (κ3) is 12.6. The molecule has 0 aliphatic rings. The number of unbranched alkanes of at least 4 members (excludes halogenated alkanes) is 9. The molecule has 2 aromatic rings. The van der Waals surface area contributed by atoms with Gasteiger partial charge in [0.15, 0.2) is 18.5 Å². The lowest BCUT2D eigenvalue weighted by Crippen LogP contribution is -2.40. The molecule has 1 N–H and O–H groups in total. The third-order valence-electron chi connectivity index (χ3n) is 6.23. The summed E-state index contributed by atoms with van der Waals surface area (Å²) in [6.07, 6.45) is 17.0. The molecule has 1 heterocycles. The molecule has 1 amide bonds. The number of rotatable bonds is 20. The average molecular weight is 518 g/mol. The molecule has 6 heteroatoms. The van der Waals surface area contributed by atoms with E-state index in [-0.39, 0.29) is 12.5 Å². The van der Waals surface area contributed by atoms with E-state index < -0.39 is 0 Å². The van der Waals surface area contributed by atoms with Gasteiger partial charge in [0.2, 0.25) is 0 Å². The zero-order chi connectivity index (χ0) is 25.8.